The highest BCUT2D eigenvalue weighted by atomic mass is 32.2. The predicted molar refractivity (Wildman–Crippen MR) is 168 cm³/mol. The number of carboxylic acids is 1. The molecule has 2 aliphatic rings. The highest BCUT2D eigenvalue weighted by molar-refractivity contribution is 7.89. The van der Waals surface area contributed by atoms with E-state index in [2.05, 4.69) is 23.7 Å². The first-order chi connectivity index (χ1) is 21.4. The molecule has 10 nitrogen and oxygen atoms in total. The van der Waals surface area contributed by atoms with Gasteiger partial charge in [0.25, 0.3) is 0 Å². The second-order valence-corrected chi connectivity index (χ2v) is 14.3. The number of nitrogens with two attached hydrogens (primary N) is 1. The number of carbonyl (C=O) groups is 1. The second kappa shape index (κ2) is 12.2. The van der Waals surface area contributed by atoms with Crippen molar-refractivity contribution in [3.05, 3.63) is 75.9 Å². The van der Waals surface area contributed by atoms with Gasteiger partial charge in [-0.05, 0) is 74.9 Å². The van der Waals surface area contributed by atoms with Crippen LogP contribution in [0.25, 0.3) is 16.4 Å². The van der Waals surface area contributed by atoms with Crippen LogP contribution in [0.2, 0.25) is 0 Å². The number of piperazine rings is 1. The molecular weight excluding hydrogens is 623 g/mol. The molecule has 1 saturated carbocycles. The lowest BCUT2D eigenvalue weighted by Crippen LogP contribution is -2.49. The molecule has 14 heteroatoms. The molecule has 0 bridgehead atoms. The molecule has 1 aliphatic heterocycles. The van der Waals surface area contributed by atoms with Gasteiger partial charge in [0.1, 0.15) is 16.5 Å². The van der Waals surface area contributed by atoms with Crippen molar-refractivity contribution in [2.75, 3.05) is 31.1 Å². The van der Waals surface area contributed by atoms with Gasteiger partial charge in [-0.25, -0.2) is 36.8 Å². The third-order valence-corrected chi connectivity index (χ3v) is 10.2. The van der Waals surface area contributed by atoms with Crippen LogP contribution in [-0.2, 0) is 22.9 Å². The highest BCUT2D eigenvalue weighted by Gasteiger charge is 2.30. The number of aromatic nitrogens is 3. The van der Waals surface area contributed by atoms with Crippen molar-refractivity contribution >= 4 is 33.0 Å². The number of aromatic carboxylic acids is 1. The molecule has 3 N–H and O–H groups in total. The Morgan fingerprint density at radius 1 is 1.09 bits per heavy atom. The van der Waals surface area contributed by atoms with Gasteiger partial charge in [-0.2, -0.15) is 5.10 Å². The number of sulfonamides is 1. The summed E-state index contributed by atoms with van der Waals surface area (Å²) in [5, 5.41) is 21.5. The van der Waals surface area contributed by atoms with E-state index in [1.165, 1.54) is 17.5 Å². The van der Waals surface area contributed by atoms with Gasteiger partial charge < -0.3 is 10.0 Å². The number of hydrogen-bond acceptors (Lipinski definition) is 8. The van der Waals surface area contributed by atoms with E-state index in [4.69, 9.17) is 10.2 Å². The molecule has 3 heterocycles. The van der Waals surface area contributed by atoms with Gasteiger partial charge in [-0.3, -0.25) is 4.90 Å². The Bertz CT molecular complexity index is 1860. The van der Waals surface area contributed by atoms with E-state index in [-0.39, 0.29) is 17.9 Å². The largest absolute Gasteiger partial charge is 0.476 e. The molecule has 2 fully saturated rings. The summed E-state index contributed by atoms with van der Waals surface area (Å²) in [5.74, 6) is -2.06. The van der Waals surface area contributed by atoms with Crippen molar-refractivity contribution in [3.63, 3.8) is 0 Å². The molecule has 0 radical (unpaired) electrons. The maximum Gasteiger partial charge on any atom is 0.355 e. The Hall–Kier alpha value is -3.72. The molecule has 2 aromatic carbocycles. The Morgan fingerprint density at radius 2 is 1.82 bits per heavy atom. The monoisotopic (exact) mass is 656 g/mol. The van der Waals surface area contributed by atoms with Gasteiger partial charge in [-0.15, -0.1) is 11.3 Å². The third-order valence-electron chi connectivity index (χ3n) is 8.45. The van der Waals surface area contributed by atoms with Gasteiger partial charge in [0, 0.05) is 55.1 Å². The maximum atomic E-state index is 15.3. The van der Waals surface area contributed by atoms with Crippen LogP contribution < -0.4 is 10.0 Å². The van der Waals surface area contributed by atoms with Crippen molar-refractivity contribution in [1.29, 1.82) is 0 Å². The summed E-state index contributed by atoms with van der Waals surface area (Å²) >= 11 is 1.15. The highest BCUT2D eigenvalue weighted by Crippen LogP contribution is 2.39. The van der Waals surface area contributed by atoms with E-state index in [1.807, 2.05) is 4.90 Å². The normalized spacial score (nSPS) is 16.1. The molecule has 2 aromatic heterocycles. The number of halogens is 2. The second-order valence-electron chi connectivity index (χ2n) is 11.9. The Kier molecular flexibility index (Phi) is 8.50. The number of rotatable bonds is 10. The number of primary sulfonamides is 1. The van der Waals surface area contributed by atoms with Crippen molar-refractivity contribution < 1.29 is 27.1 Å². The summed E-state index contributed by atoms with van der Waals surface area (Å²) in [4.78, 5) is 19.7. The first-order valence-electron chi connectivity index (χ1n) is 14.8. The first-order valence-corrected chi connectivity index (χ1v) is 17.2. The maximum absolute atomic E-state index is 15.3. The molecular formula is C31H34F2N6O4S2. The van der Waals surface area contributed by atoms with Crippen molar-refractivity contribution in [3.8, 4) is 16.4 Å². The molecule has 0 atom stereocenters. The molecule has 238 valence electrons. The van der Waals surface area contributed by atoms with Gasteiger partial charge >= 0.3 is 5.97 Å². The van der Waals surface area contributed by atoms with Crippen LogP contribution >= 0.6 is 11.3 Å². The third kappa shape index (κ3) is 6.64. The zero-order valence-electron chi connectivity index (χ0n) is 24.9. The van der Waals surface area contributed by atoms with E-state index >= 15 is 4.39 Å². The fourth-order valence-corrected chi connectivity index (χ4v) is 7.16. The van der Waals surface area contributed by atoms with Crippen molar-refractivity contribution in [2.24, 2.45) is 11.1 Å². The number of nitrogens with zero attached hydrogens (tertiary/aromatic N) is 5. The predicted octanol–water partition coefficient (Wildman–Crippen LogP) is 4.69. The molecule has 4 aromatic rings. The lowest BCUT2D eigenvalue weighted by atomic mass is 9.96. The van der Waals surface area contributed by atoms with E-state index in [0.717, 1.165) is 60.7 Å². The van der Waals surface area contributed by atoms with Crippen molar-refractivity contribution in [2.45, 2.75) is 50.5 Å². The fraction of sp³-hybridized carbons (Fsp3) is 0.387. The average Bonchev–Trinajstić information content (AvgIpc) is 3.55. The summed E-state index contributed by atoms with van der Waals surface area (Å²) in [6, 6.07) is 9.09. The Morgan fingerprint density at radius 3 is 2.42 bits per heavy atom. The molecule has 0 spiro atoms. The minimum atomic E-state index is -4.24. The average molecular weight is 657 g/mol. The number of benzene rings is 2. The molecule has 6 rings (SSSR count). The van der Waals surface area contributed by atoms with E-state index in [1.54, 1.807) is 16.8 Å². The van der Waals surface area contributed by atoms with E-state index < -0.39 is 26.7 Å². The van der Waals surface area contributed by atoms with Crippen LogP contribution in [-0.4, -0.2) is 71.4 Å². The molecule has 1 saturated heterocycles. The minimum Gasteiger partial charge on any atom is -0.476 e. The molecule has 45 heavy (non-hydrogen) atoms. The summed E-state index contributed by atoms with van der Waals surface area (Å²) < 4.78 is 55.6. The summed E-state index contributed by atoms with van der Waals surface area (Å²) in [6.07, 6.45) is 2.88. The summed E-state index contributed by atoms with van der Waals surface area (Å²) in [5.41, 5.74) is 3.60. The van der Waals surface area contributed by atoms with Crippen LogP contribution in [0.1, 0.15) is 54.0 Å². The van der Waals surface area contributed by atoms with Gasteiger partial charge in [-0.1, -0.05) is 6.07 Å². The van der Waals surface area contributed by atoms with Gasteiger partial charge in [0.15, 0.2) is 5.69 Å². The number of anilines is 1. The quantitative estimate of drug-likeness (QED) is 0.251. The summed E-state index contributed by atoms with van der Waals surface area (Å²) in [7, 11) is -4.24. The number of hydrogen-bond donors (Lipinski definition) is 2. The van der Waals surface area contributed by atoms with Gasteiger partial charge in [0.2, 0.25) is 15.2 Å². The standard InChI is InChI=1S/C31H34F2N6O4S2/c1-18(2)37-9-11-38(12-10-37)27-16-21(6-7-23(27)32)29-22(13-20-5-8-28(24(33)14-20)45(34,42)43)26(15-19-3-4-19)39(36-29)31-35-25(17-44-31)30(40)41/h5-8,14,16-19H,3-4,9-13,15H2,1-2H3,(H,40,41)(H2,34,42,43). The van der Waals surface area contributed by atoms with Crippen LogP contribution in [0.15, 0.2) is 46.7 Å². The minimum absolute atomic E-state index is 0.101. The zero-order chi connectivity index (χ0) is 32.0. The topological polar surface area (TPSA) is 135 Å². The molecule has 0 amide bonds. The zero-order valence-corrected chi connectivity index (χ0v) is 26.5. The fourth-order valence-electron chi connectivity index (χ4n) is 5.80. The SMILES string of the molecule is CC(C)N1CCN(c2cc(-c3nn(-c4nc(C(=O)O)cs4)c(CC4CC4)c3Cc3ccc(S(N)(=O)=O)c(F)c3)ccc2F)CC1. The van der Waals surface area contributed by atoms with Gasteiger partial charge in [0.05, 0.1) is 17.1 Å². The number of thiazole rings is 1. The van der Waals surface area contributed by atoms with E-state index in [9.17, 15) is 22.7 Å². The Balaban J connectivity index is 1.47. The lowest BCUT2D eigenvalue weighted by molar-refractivity contribution is 0.0691. The molecule has 1 aliphatic carbocycles. The van der Waals surface area contributed by atoms with Crippen LogP contribution in [0, 0.1) is 17.6 Å². The number of carboxylic acid groups (broad SMARTS) is 1. The first kappa shape index (κ1) is 31.3. The smallest absolute Gasteiger partial charge is 0.355 e. The lowest BCUT2D eigenvalue weighted by Gasteiger charge is -2.38. The van der Waals surface area contributed by atoms with Crippen LogP contribution in [0.3, 0.4) is 0 Å². The van der Waals surface area contributed by atoms with E-state index in [0.29, 0.717) is 59.1 Å². The summed E-state index contributed by atoms with van der Waals surface area (Å²) in [6.45, 7) is 7.24. The molecule has 0 unspecified atom stereocenters. The van der Waals surface area contributed by atoms with Crippen LogP contribution in [0.5, 0.6) is 0 Å². The Labute approximate surface area is 264 Å². The van der Waals surface area contributed by atoms with Crippen LogP contribution in [0.4, 0.5) is 14.5 Å². The van der Waals surface area contributed by atoms with Crippen molar-refractivity contribution in [1.82, 2.24) is 19.7 Å².